The van der Waals surface area contributed by atoms with Crippen molar-refractivity contribution in [1.29, 1.82) is 0 Å². The van der Waals surface area contributed by atoms with E-state index in [1.54, 1.807) is 20.3 Å². The van der Waals surface area contributed by atoms with Gasteiger partial charge in [-0.2, -0.15) is 0 Å². The zero-order valence-corrected chi connectivity index (χ0v) is 9.80. The van der Waals surface area contributed by atoms with Gasteiger partial charge in [-0.3, -0.25) is 0 Å². The van der Waals surface area contributed by atoms with Crippen molar-refractivity contribution in [2.75, 3.05) is 20.8 Å². The van der Waals surface area contributed by atoms with Crippen LogP contribution in [0.25, 0.3) is 0 Å². The predicted molar refractivity (Wildman–Crippen MR) is 61.9 cm³/mol. The molecule has 1 aromatic rings. The minimum Gasteiger partial charge on any atom is -0.493 e. The second kappa shape index (κ2) is 5.83. The van der Waals surface area contributed by atoms with E-state index in [-0.39, 0.29) is 0 Å². The van der Waals surface area contributed by atoms with E-state index in [1.165, 1.54) is 0 Å². The van der Waals surface area contributed by atoms with Crippen LogP contribution in [0, 0.1) is 0 Å². The summed E-state index contributed by atoms with van der Waals surface area (Å²) in [6, 6.07) is 3.67. The number of ether oxygens (including phenoxy) is 2. The maximum absolute atomic E-state index is 6.10. The number of methoxy groups -OCH3 is 2. The lowest BCUT2D eigenvalue weighted by molar-refractivity contribution is 0.354. The van der Waals surface area contributed by atoms with Crippen LogP contribution in [0.2, 0.25) is 5.02 Å². The van der Waals surface area contributed by atoms with Gasteiger partial charge in [0.05, 0.1) is 14.2 Å². The highest BCUT2D eigenvalue weighted by molar-refractivity contribution is 6.31. The van der Waals surface area contributed by atoms with E-state index >= 15 is 0 Å². The summed E-state index contributed by atoms with van der Waals surface area (Å²) >= 11 is 6.10. The van der Waals surface area contributed by atoms with E-state index in [9.17, 15) is 0 Å². The highest BCUT2D eigenvalue weighted by atomic mass is 35.5. The second-order valence-corrected chi connectivity index (χ2v) is 3.60. The zero-order valence-electron chi connectivity index (χ0n) is 9.05. The molecule has 1 rings (SSSR count). The van der Waals surface area contributed by atoms with Crippen molar-refractivity contribution in [3.8, 4) is 11.5 Å². The molecule has 15 heavy (non-hydrogen) atoms. The first kappa shape index (κ1) is 12.1. The Morgan fingerprint density at radius 3 is 2.33 bits per heavy atom. The van der Waals surface area contributed by atoms with Crippen molar-refractivity contribution in [1.82, 2.24) is 0 Å². The van der Waals surface area contributed by atoms with E-state index in [1.807, 2.05) is 6.07 Å². The van der Waals surface area contributed by atoms with E-state index in [0.29, 0.717) is 23.1 Å². The van der Waals surface area contributed by atoms with Crippen LogP contribution in [0.3, 0.4) is 0 Å². The van der Waals surface area contributed by atoms with E-state index in [2.05, 4.69) is 0 Å². The predicted octanol–water partition coefficient (Wildman–Crippen LogP) is 2.25. The van der Waals surface area contributed by atoms with Crippen LogP contribution < -0.4 is 15.2 Å². The minimum atomic E-state index is 0.652. The van der Waals surface area contributed by atoms with Crippen LogP contribution >= 0.6 is 11.6 Å². The number of aryl methyl sites for hydroxylation is 1. The Hall–Kier alpha value is -0.930. The maximum Gasteiger partial charge on any atom is 0.162 e. The molecule has 0 saturated heterocycles. The molecule has 0 fully saturated rings. The van der Waals surface area contributed by atoms with Crippen molar-refractivity contribution in [2.24, 2.45) is 5.73 Å². The molecule has 0 aliphatic heterocycles. The highest BCUT2D eigenvalue weighted by Crippen LogP contribution is 2.33. The van der Waals surface area contributed by atoms with Gasteiger partial charge in [0, 0.05) is 11.1 Å². The van der Waals surface area contributed by atoms with E-state index in [4.69, 9.17) is 26.8 Å². The fourth-order valence-electron chi connectivity index (χ4n) is 1.38. The largest absolute Gasteiger partial charge is 0.493 e. The van der Waals surface area contributed by atoms with Gasteiger partial charge in [-0.05, 0) is 31.0 Å². The Labute approximate surface area is 95.1 Å². The molecule has 0 aliphatic rings. The van der Waals surface area contributed by atoms with Gasteiger partial charge < -0.3 is 15.2 Å². The van der Waals surface area contributed by atoms with E-state index in [0.717, 1.165) is 18.4 Å². The summed E-state index contributed by atoms with van der Waals surface area (Å²) in [6.45, 7) is 0.657. The molecule has 0 atom stereocenters. The van der Waals surface area contributed by atoms with Crippen molar-refractivity contribution < 1.29 is 9.47 Å². The molecular formula is C11H16ClNO2. The summed E-state index contributed by atoms with van der Waals surface area (Å²) in [5, 5.41) is 0.695. The lowest BCUT2D eigenvalue weighted by atomic mass is 10.1. The van der Waals surface area contributed by atoms with Crippen LogP contribution in [0.5, 0.6) is 11.5 Å². The molecule has 0 bridgehead atoms. The van der Waals surface area contributed by atoms with Gasteiger partial charge in [0.15, 0.2) is 11.5 Å². The van der Waals surface area contributed by atoms with Gasteiger partial charge in [0.2, 0.25) is 0 Å². The molecule has 0 aliphatic carbocycles. The molecule has 0 radical (unpaired) electrons. The first-order chi connectivity index (χ1) is 7.22. The summed E-state index contributed by atoms with van der Waals surface area (Å²) in [4.78, 5) is 0. The molecule has 2 N–H and O–H groups in total. The third-order valence-electron chi connectivity index (χ3n) is 2.20. The topological polar surface area (TPSA) is 44.5 Å². The summed E-state index contributed by atoms with van der Waals surface area (Å²) in [6.07, 6.45) is 1.77. The van der Waals surface area contributed by atoms with Crippen LogP contribution in [-0.2, 0) is 6.42 Å². The molecule has 0 amide bonds. The van der Waals surface area contributed by atoms with Crippen LogP contribution in [0.1, 0.15) is 12.0 Å². The monoisotopic (exact) mass is 229 g/mol. The molecule has 3 nitrogen and oxygen atoms in total. The summed E-state index contributed by atoms with van der Waals surface area (Å²) in [5.41, 5.74) is 6.50. The van der Waals surface area contributed by atoms with Gasteiger partial charge in [-0.25, -0.2) is 0 Å². The van der Waals surface area contributed by atoms with Gasteiger partial charge in [-0.1, -0.05) is 11.6 Å². The zero-order chi connectivity index (χ0) is 11.3. The summed E-state index contributed by atoms with van der Waals surface area (Å²) in [7, 11) is 3.20. The highest BCUT2D eigenvalue weighted by Gasteiger charge is 2.09. The Balaban J connectivity index is 2.97. The van der Waals surface area contributed by atoms with E-state index < -0.39 is 0 Å². The summed E-state index contributed by atoms with van der Waals surface area (Å²) in [5.74, 6) is 1.35. The summed E-state index contributed by atoms with van der Waals surface area (Å²) < 4.78 is 10.3. The van der Waals surface area contributed by atoms with Gasteiger partial charge in [0.1, 0.15) is 0 Å². The van der Waals surface area contributed by atoms with Crippen molar-refractivity contribution in [3.05, 3.63) is 22.7 Å². The molecule has 4 heteroatoms. The first-order valence-corrected chi connectivity index (χ1v) is 5.21. The number of hydrogen-bond acceptors (Lipinski definition) is 3. The fraction of sp³-hybridized carbons (Fsp3) is 0.455. The molecule has 0 saturated carbocycles. The Kier molecular flexibility index (Phi) is 4.72. The van der Waals surface area contributed by atoms with Crippen molar-refractivity contribution >= 4 is 11.6 Å². The van der Waals surface area contributed by atoms with Crippen LogP contribution in [0.15, 0.2) is 12.1 Å². The quantitative estimate of drug-likeness (QED) is 0.842. The second-order valence-electron chi connectivity index (χ2n) is 3.19. The normalized spacial score (nSPS) is 10.1. The average Bonchev–Trinajstić information content (AvgIpc) is 2.27. The number of benzene rings is 1. The molecule has 0 heterocycles. The first-order valence-electron chi connectivity index (χ1n) is 4.83. The Bertz CT molecular complexity index is 329. The van der Waals surface area contributed by atoms with Crippen molar-refractivity contribution in [3.63, 3.8) is 0 Å². The van der Waals surface area contributed by atoms with Crippen LogP contribution in [0.4, 0.5) is 0 Å². The fourth-order valence-corrected chi connectivity index (χ4v) is 1.63. The number of rotatable bonds is 5. The number of halogens is 1. The number of nitrogens with two attached hydrogens (primary N) is 1. The standard InChI is InChI=1S/C11H16ClNO2/c1-14-10-6-8(4-3-5-13)9(12)7-11(10)15-2/h6-7H,3-5,13H2,1-2H3. The lowest BCUT2D eigenvalue weighted by Crippen LogP contribution is -2.01. The minimum absolute atomic E-state index is 0.652. The molecule has 1 aromatic carbocycles. The Morgan fingerprint density at radius 1 is 1.20 bits per heavy atom. The van der Waals surface area contributed by atoms with Crippen LogP contribution in [-0.4, -0.2) is 20.8 Å². The van der Waals surface area contributed by atoms with Crippen molar-refractivity contribution in [2.45, 2.75) is 12.8 Å². The molecular weight excluding hydrogens is 214 g/mol. The average molecular weight is 230 g/mol. The van der Waals surface area contributed by atoms with Gasteiger partial charge >= 0.3 is 0 Å². The third kappa shape index (κ3) is 3.01. The number of hydrogen-bond donors (Lipinski definition) is 1. The Morgan fingerprint density at radius 2 is 1.80 bits per heavy atom. The third-order valence-corrected chi connectivity index (χ3v) is 2.55. The smallest absolute Gasteiger partial charge is 0.162 e. The lowest BCUT2D eigenvalue weighted by Gasteiger charge is -2.11. The molecule has 0 unspecified atom stereocenters. The SMILES string of the molecule is COc1cc(Cl)c(CCCN)cc1OC. The van der Waals surface area contributed by atoms with Gasteiger partial charge in [-0.15, -0.1) is 0 Å². The molecule has 0 aromatic heterocycles. The maximum atomic E-state index is 6.10. The van der Waals surface area contributed by atoms with Gasteiger partial charge in [0.25, 0.3) is 0 Å². The molecule has 0 spiro atoms. The molecule has 84 valence electrons.